The summed E-state index contributed by atoms with van der Waals surface area (Å²) in [5, 5.41) is 2.94. The summed E-state index contributed by atoms with van der Waals surface area (Å²) in [7, 11) is 0. The standard InChI is InChI=1S/C18H18N2O2S/c1-12-6-5-7-13(2)18(12)19-16(21)10-20-14-8-3-4-9-15(14)23-11-17(20)22/h3-9H,10-11H2,1-2H3,(H,19,21). The fourth-order valence-electron chi connectivity index (χ4n) is 2.66. The zero-order chi connectivity index (χ0) is 16.4. The Morgan fingerprint density at radius 2 is 1.83 bits per heavy atom. The van der Waals surface area contributed by atoms with Gasteiger partial charge in [-0.05, 0) is 37.1 Å². The molecule has 0 aliphatic carbocycles. The number of fused-ring (bicyclic) bond motifs is 1. The Balaban J connectivity index is 1.79. The Morgan fingerprint density at radius 3 is 2.57 bits per heavy atom. The fraction of sp³-hybridized carbons (Fsp3) is 0.222. The lowest BCUT2D eigenvalue weighted by Gasteiger charge is -2.28. The fourth-order valence-corrected chi connectivity index (χ4v) is 3.60. The van der Waals surface area contributed by atoms with Gasteiger partial charge in [0.25, 0.3) is 0 Å². The van der Waals surface area contributed by atoms with Gasteiger partial charge in [-0.15, -0.1) is 11.8 Å². The largest absolute Gasteiger partial charge is 0.324 e. The van der Waals surface area contributed by atoms with Crippen molar-refractivity contribution in [3.8, 4) is 0 Å². The quantitative estimate of drug-likeness (QED) is 0.941. The van der Waals surface area contributed by atoms with Crippen molar-refractivity contribution in [2.45, 2.75) is 18.7 Å². The summed E-state index contributed by atoms with van der Waals surface area (Å²) < 4.78 is 0. The average molecular weight is 326 g/mol. The van der Waals surface area contributed by atoms with Crippen molar-refractivity contribution >= 4 is 35.0 Å². The van der Waals surface area contributed by atoms with Gasteiger partial charge in [-0.3, -0.25) is 9.59 Å². The molecule has 1 heterocycles. The molecule has 0 saturated heterocycles. The number of thioether (sulfide) groups is 1. The lowest BCUT2D eigenvalue weighted by atomic mass is 10.1. The van der Waals surface area contributed by atoms with Crippen LogP contribution in [-0.4, -0.2) is 24.1 Å². The zero-order valence-corrected chi connectivity index (χ0v) is 13.9. The molecule has 118 valence electrons. The number of carbonyl (C=O) groups is 2. The monoisotopic (exact) mass is 326 g/mol. The minimum Gasteiger partial charge on any atom is -0.324 e. The lowest BCUT2D eigenvalue weighted by molar-refractivity contribution is -0.120. The minimum atomic E-state index is -0.183. The van der Waals surface area contributed by atoms with Gasteiger partial charge in [0, 0.05) is 10.6 Å². The Labute approximate surface area is 139 Å². The van der Waals surface area contributed by atoms with E-state index in [0.717, 1.165) is 27.4 Å². The average Bonchev–Trinajstić information content (AvgIpc) is 2.54. The van der Waals surface area contributed by atoms with Crippen LogP contribution in [0.3, 0.4) is 0 Å². The molecule has 1 aliphatic heterocycles. The van der Waals surface area contributed by atoms with Gasteiger partial charge in [-0.25, -0.2) is 0 Å². The van der Waals surface area contributed by atoms with Crippen molar-refractivity contribution in [2.75, 3.05) is 22.5 Å². The highest BCUT2D eigenvalue weighted by molar-refractivity contribution is 8.00. The summed E-state index contributed by atoms with van der Waals surface area (Å²) >= 11 is 1.51. The first-order valence-electron chi connectivity index (χ1n) is 7.44. The predicted octanol–water partition coefficient (Wildman–Crippen LogP) is 3.38. The van der Waals surface area contributed by atoms with E-state index in [1.54, 1.807) is 4.90 Å². The van der Waals surface area contributed by atoms with Crippen LogP contribution in [0.15, 0.2) is 47.4 Å². The molecule has 1 aliphatic rings. The van der Waals surface area contributed by atoms with E-state index >= 15 is 0 Å². The third-order valence-corrected chi connectivity index (χ3v) is 4.90. The summed E-state index contributed by atoms with van der Waals surface area (Å²) in [5.74, 6) is 0.149. The molecule has 0 saturated carbocycles. The third kappa shape index (κ3) is 3.24. The summed E-state index contributed by atoms with van der Waals surface area (Å²) in [4.78, 5) is 27.2. The van der Waals surface area contributed by atoms with E-state index in [1.807, 2.05) is 56.3 Å². The number of hydrogen-bond donors (Lipinski definition) is 1. The van der Waals surface area contributed by atoms with Crippen molar-refractivity contribution in [3.05, 3.63) is 53.6 Å². The van der Waals surface area contributed by atoms with Crippen LogP contribution in [0, 0.1) is 13.8 Å². The molecule has 2 amide bonds. The molecule has 5 heteroatoms. The summed E-state index contributed by atoms with van der Waals surface area (Å²) in [6.07, 6.45) is 0. The molecule has 1 N–H and O–H groups in total. The van der Waals surface area contributed by atoms with Gasteiger partial charge in [0.2, 0.25) is 11.8 Å². The number of anilines is 2. The number of benzene rings is 2. The van der Waals surface area contributed by atoms with Crippen LogP contribution in [0.5, 0.6) is 0 Å². The Morgan fingerprint density at radius 1 is 1.13 bits per heavy atom. The smallest absolute Gasteiger partial charge is 0.244 e. The molecule has 0 fully saturated rings. The number of amides is 2. The van der Waals surface area contributed by atoms with E-state index in [9.17, 15) is 9.59 Å². The van der Waals surface area contributed by atoms with Gasteiger partial charge in [-0.1, -0.05) is 30.3 Å². The number of nitrogens with zero attached hydrogens (tertiary/aromatic N) is 1. The van der Waals surface area contributed by atoms with E-state index in [-0.39, 0.29) is 18.4 Å². The van der Waals surface area contributed by atoms with E-state index in [1.165, 1.54) is 11.8 Å². The number of aryl methyl sites for hydroxylation is 2. The molecule has 23 heavy (non-hydrogen) atoms. The van der Waals surface area contributed by atoms with Crippen LogP contribution in [0.2, 0.25) is 0 Å². The maximum atomic E-state index is 12.4. The topological polar surface area (TPSA) is 49.4 Å². The van der Waals surface area contributed by atoms with Gasteiger partial charge >= 0.3 is 0 Å². The first kappa shape index (κ1) is 15.6. The van der Waals surface area contributed by atoms with Crippen molar-refractivity contribution in [1.29, 1.82) is 0 Å². The van der Waals surface area contributed by atoms with Crippen LogP contribution >= 0.6 is 11.8 Å². The second kappa shape index (κ2) is 6.46. The van der Waals surface area contributed by atoms with Gasteiger partial charge in [0.15, 0.2) is 0 Å². The molecule has 2 aromatic carbocycles. The Kier molecular flexibility index (Phi) is 4.39. The second-order valence-corrected chi connectivity index (χ2v) is 6.57. The minimum absolute atomic E-state index is 0.0319. The highest BCUT2D eigenvalue weighted by Crippen LogP contribution is 2.34. The molecule has 0 atom stereocenters. The van der Waals surface area contributed by atoms with Gasteiger partial charge < -0.3 is 10.2 Å². The van der Waals surface area contributed by atoms with Crippen molar-refractivity contribution in [3.63, 3.8) is 0 Å². The molecule has 3 rings (SSSR count). The predicted molar refractivity (Wildman–Crippen MR) is 94.1 cm³/mol. The molecule has 4 nitrogen and oxygen atoms in total. The van der Waals surface area contributed by atoms with Gasteiger partial charge in [-0.2, -0.15) is 0 Å². The highest BCUT2D eigenvalue weighted by Gasteiger charge is 2.26. The zero-order valence-electron chi connectivity index (χ0n) is 13.1. The van der Waals surface area contributed by atoms with E-state index < -0.39 is 0 Å². The van der Waals surface area contributed by atoms with Crippen LogP contribution in [-0.2, 0) is 9.59 Å². The van der Waals surface area contributed by atoms with E-state index in [2.05, 4.69) is 5.32 Å². The summed E-state index contributed by atoms with van der Waals surface area (Å²) in [6, 6.07) is 13.6. The number of carbonyl (C=O) groups excluding carboxylic acids is 2. The molecule has 0 bridgehead atoms. The number of hydrogen-bond acceptors (Lipinski definition) is 3. The summed E-state index contributed by atoms with van der Waals surface area (Å²) in [5.41, 5.74) is 3.66. The molecule has 0 radical (unpaired) electrons. The maximum Gasteiger partial charge on any atom is 0.244 e. The normalized spacial score (nSPS) is 13.7. The number of nitrogens with one attached hydrogen (secondary N) is 1. The first-order chi connectivity index (χ1) is 11.1. The van der Waals surface area contributed by atoms with Crippen LogP contribution in [0.25, 0.3) is 0 Å². The highest BCUT2D eigenvalue weighted by atomic mass is 32.2. The van der Waals surface area contributed by atoms with E-state index in [4.69, 9.17) is 0 Å². The molecular formula is C18H18N2O2S. The van der Waals surface area contributed by atoms with Crippen LogP contribution in [0.1, 0.15) is 11.1 Å². The maximum absolute atomic E-state index is 12.4. The van der Waals surface area contributed by atoms with E-state index in [0.29, 0.717) is 5.75 Å². The third-order valence-electron chi connectivity index (χ3n) is 3.86. The second-order valence-electron chi connectivity index (χ2n) is 5.55. The van der Waals surface area contributed by atoms with Gasteiger partial charge in [0.1, 0.15) is 6.54 Å². The SMILES string of the molecule is Cc1cccc(C)c1NC(=O)CN1C(=O)CSc2ccccc21. The molecule has 0 spiro atoms. The number of rotatable bonds is 3. The van der Waals surface area contributed by atoms with Crippen LogP contribution < -0.4 is 10.2 Å². The first-order valence-corrected chi connectivity index (χ1v) is 8.43. The Hall–Kier alpha value is -2.27. The Bertz CT molecular complexity index is 753. The van der Waals surface area contributed by atoms with Crippen molar-refractivity contribution in [1.82, 2.24) is 0 Å². The molecular weight excluding hydrogens is 308 g/mol. The van der Waals surface area contributed by atoms with Gasteiger partial charge in [0.05, 0.1) is 11.4 Å². The lowest BCUT2D eigenvalue weighted by Crippen LogP contribution is -2.41. The number of para-hydroxylation sites is 2. The van der Waals surface area contributed by atoms with Crippen molar-refractivity contribution < 1.29 is 9.59 Å². The summed E-state index contributed by atoms with van der Waals surface area (Å²) in [6.45, 7) is 3.95. The van der Waals surface area contributed by atoms with Crippen molar-refractivity contribution in [2.24, 2.45) is 0 Å². The molecule has 0 unspecified atom stereocenters. The molecule has 2 aromatic rings. The van der Waals surface area contributed by atoms with Crippen LogP contribution in [0.4, 0.5) is 11.4 Å². The molecule has 0 aromatic heterocycles.